The first-order valence-corrected chi connectivity index (χ1v) is 13.5. The smallest absolute Gasteiger partial charge is 0.536 e. The molecule has 0 aliphatic carbocycles. The summed E-state index contributed by atoms with van der Waals surface area (Å²) >= 11 is 3.16. The molecule has 4 aromatic heterocycles. The van der Waals surface area contributed by atoms with Gasteiger partial charge in [-0.2, -0.15) is 26.3 Å². The van der Waals surface area contributed by atoms with Crippen molar-refractivity contribution in [2.75, 3.05) is 0 Å². The number of nitrogens with zero attached hydrogens (tertiary/aromatic N) is 6. The molecular formula is C28H19BBrF8N6O2. The van der Waals surface area contributed by atoms with Crippen LogP contribution < -0.4 is 4.65 Å². The number of aromatic nitrogens is 6. The van der Waals surface area contributed by atoms with Crippen molar-refractivity contribution < 1.29 is 44.8 Å². The molecule has 2 aromatic carbocycles. The second-order valence-electron chi connectivity index (χ2n) is 9.36. The van der Waals surface area contributed by atoms with E-state index in [-0.39, 0.29) is 22.9 Å². The molecule has 6 rings (SSSR count). The van der Waals surface area contributed by atoms with Crippen LogP contribution in [0.15, 0.2) is 77.5 Å². The highest BCUT2D eigenvalue weighted by Gasteiger charge is 2.37. The standard InChI is InChI=1S/C14H9F4N3.C7H4BF3N3O2.C7H6BrF/c1-8-2-3-9(6-11(8)15)10-4-5-12-19-20-13(14(16,17)18)21(12)7-10;9-7(10,11)6-13-12-5-2-1-4(16-8-15)3-14(5)6;1-5-2-3-6(8)4-7(5)9/h2-7H,1H3;1-3,15H;2-4H,1H3. The van der Waals surface area contributed by atoms with Gasteiger partial charge in [0.1, 0.15) is 17.4 Å². The minimum Gasteiger partial charge on any atom is -0.536 e. The highest BCUT2D eigenvalue weighted by Crippen LogP contribution is 2.30. The Balaban J connectivity index is 0.000000170. The van der Waals surface area contributed by atoms with Gasteiger partial charge in [-0.25, -0.2) is 8.78 Å². The maximum atomic E-state index is 13.6. The summed E-state index contributed by atoms with van der Waals surface area (Å²) in [7, 11) is 0.374. The fourth-order valence-corrected chi connectivity index (χ4v) is 4.12. The fourth-order valence-electron chi connectivity index (χ4n) is 3.79. The molecule has 0 spiro atoms. The van der Waals surface area contributed by atoms with E-state index < -0.39 is 29.8 Å². The van der Waals surface area contributed by atoms with Gasteiger partial charge in [-0.3, -0.25) is 8.80 Å². The molecule has 0 aliphatic rings. The molecule has 8 nitrogen and oxygen atoms in total. The first-order valence-electron chi connectivity index (χ1n) is 12.7. The van der Waals surface area contributed by atoms with Crippen LogP contribution in [0.25, 0.3) is 22.4 Å². The maximum absolute atomic E-state index is 13.6. The van der Waals surface area contributed by atoms with Gasteiger partial charge in [0.15, 0.2) is 11.3 Å². The Hall–Kier alpha value is -4.58. The molecule has 0 atom stereocenters. The van der Waals surface area contributed by atoms with E-state index in [0.29, 0.717) is 29.9 Å². The second kappa shape index (κ2) is 13.8. The zero-order chi connectivity index (χ0) is 33.8. The number of pyridine rings is 2. The second-order valence-corrected chi connectivity index (χ2v) is 10.3. The number of aryl methyl sites for hydroxylation is 2. The summed E-state index contributed by atoms with van der Waals surface area (Å²) in [6.45, 7) is 3.35. The molecule has 18 heteroatoms. The van der Waals surface area contributed by atoms with Gasteiger partial charge in [0, 0.05) is 10.7 Å². The van der Waals surface area contributed by atoms with Crippen molar-refractivity contribution in [3.63, 3.8) is 0 Å². The number of fused-ring (bicyclic) bond motifs is 2. The Morgan fingerprint density at radius 1 is 0.674 bits per heavy atom. The van der Waals surface area contributed by atoms with Crippen LogP contribution in [0.2, 0.25) is 0 Å². The molecule has 0 saturated heterocycles. The molecule has 4 heterocycles. The first kappa shape index (κ1) is 34.3. The summed E-state index contributed by atoms with van der Waals surface area (Å²) < 4.78 is 109. The average molecular weight is 714 g/mol. The average Bonchev–Trinajstić information content (AvgIpc) is 3.62. The third-order valence-electron chi connectivity index (χ3n) is 6.11. The topological polar surface area (TPSA) is 89.8 Å². The number of hydrogen-bond donors (Lipinski definition) is 1. The van der Waals surface area contributed by atoms with E-state index in [1.54, 1.807) is 38.1 Å². The van der Waals surface area contributed by atoms with Crippen LogP contribution in [0, 0.1) is 25.5 Å². The van der Waals surface area contributed by atoms with Crippen molar-refractivity contribution in [3.05, 3.63) is 112 Å². The van der Waals surface area contributed by atoms with Gasteiger partial charge in [0.2, 0.25) is 11.6 Å². The summed E-state index contributed by atoms with van der Waals surface area (Å²) in [5, 5.41) is 21.4. The Morgan fingerprint density at radius 2 is 1.17 bits per heavy atom. The maximum Gasteiger partial charge on any atom is 0.569 e. The molecular weight excluding hydrogens is 695 g/mol. The summed E-state index contributed by atoms with van der Waals surface area (Å²) in [5.74, 6) is -2.78. The molecule has 1 radical (unpaired) electrons. The number of halogens is 9. The molecule has 0 bridgehead atoms. The van der Waals surface area contributed by atoms with Gasteiger partial charge >= 0.3 is 20.0 Å². The third-order valence-corrected chi connectivity index (χ3v) is 6.61. The van der Waals surface area contributed by atoms with Crippen LogP contribution in [0.4, 0.5) is 35.1 Å². The van der Waals surface area contributed by atoms with E-state index in [4.69, 9.17) is 5.02 Å². The van der Waals surface area contributed by atoms with Crippen LogP contribution in [0.3, 0.4) is 0 Å². The number of benzene rings is 2. The largest absolute Gasteiger partial charge is 0.569 e. The predicted octanol–water partition coefficient (Wildman–Crippen LogP) is 7.41. The molecule has 46 heavy (non-hydrogen) atoms. The van der Waals surface area contributed by atoms with Gasteiger partial charge in [-0.05, 0) is 78.6 Å². The Kier molecular flexibility index (Phi) is 10.3. The highest BCUT2D eigenvalue weighted by molar-refractivity contribution is 9.10. The lowest BCUT2D eigenvalue weighted by molar-refractivity contribution is -0.146. The van der Waals surface area contributed by atoms with E-state index in [0.717, 1.165) is 19.5 Å². The van der Waals surface area contributed by atoms with Crippen molar-refractivity contribution in [3.8, 4) is 16.9 Å². The molecule has 0 fully saturated rings. The predicted molar refractivity (Wildman–Crippen MR) is 154 cm³/mol. The van der Waals surface area contributed by atoms with E-state index in [9.17, 15) is 35.1 Å². The van der Waals surface area contributed by atoms with Gasteiger partial charge in [-0.15, -0.1) is 20.4 Å². The number of alkyl halides is 6. The van der Waals surface area contributed by atoms with Crippen LogP contribution >= 0.6 is 15.9 Å². The summed E-state index contributed by atoms with van der Waals surface area (Å²) in [5.41, 5.74) is 2.21. The number of rotatable bonds is 3. The monoisotopic (exact) mass is 713 g/mol. The van der Waals surface area contributed by atoms with Crippen molar-refractivity contribution in [1.29, 1.82) is 0 Å². The lowest BCUT2D eigenvalue weighted by Crippen LogP contribution is -2.11. The van der Waals surface area contributed by atoms with Crippen molar-refractivity contribution in [1.82, 2.24) is 29.2 Å². The summed E-state index contributed by atoms with van der Waals surface area (Å²) in [6.07, 6.45) is -6.91. The van der Waals surface area contributed by atoms with Crippen molar-refractivity contribution in [2.45, 2.75) is 26.2 Å². The van der Waals surface area contributed by atoms with Gasteiger partial charge < -0.3 is 9.68 Å². The quantitative estimate of drug-likeness (QED) is 0.152. The molecule has 0 unspecified atom stereocenters. The van der Waals surface area contributed by atoms with E-state index >= 15 is 0 Å². The van der Waals surface area contributed by atoms with E-state index in [1.165, 1.54) is 36.5 Å². The van der Waals surface area contributed by atoms with E-state index in [2.05, 4.69) is 41.0 Å². The minimum absolute atomic E-state index is 0.0395. The van der Waals surface area contributed by atoms with Crippen LogP contribution in [-0.4, -0.2) is 41.9 Å². The minimum atomic E-state index is -4.60. The normalized spacial score (nSPS) is 11.5. The summed E-state index contributed by atoms with van der Waals surface area (Å²) in [6, 6.07) is 15.2. The highest BCUT2D eigenvalue weighted by atomic mass is 79.9. The van der Waals surface area contributed by atoms with Gasteiger partial charge in [0.25, 0.3) is 0 Å². The third kappa shape index (κ3) is 8.17. The van der Waals surface area contributed by atoms with Crippen molar-refractivity contribution >= 4 is 34.9 Å². The zero-order valence-electron chi connectivity index (χ0n) is 23.4. The van der Waals surface area contributed by atoms with Crippen LogP contribution in [0.1, 0.15) is 22.8 Å². The summed E-state index contributed by atoms with van der Waals surface area (Å²) in [4.78, 5) is 0. The molecule has 0 amide bonds. The van der Waals surface area contributed by atoms with Crippen molar-refractivity contribution in [2.24, 2.45) is 0 Å². The van der Waals surface area contributed by atoms with Gasteiger partial charge in [-0.1, -0.05) is 34.1 Å². The Labute approximate surface area is 263 Å². The Morgan fingerprint density at radius 3 is 1.67 bits per heavy atom. The SMILES string of the molecule is Cc1ccc(-c2ccc3nnc(C(F)(F)F)n3c2)cc1F.Cc1ccc(Br)cc1F.O[B]Oc1ccc2nnc(C(F)(F)F)n2c1. The Bertz CT molecular complexity index is 1980. The first-order chi connectivity index (χ1) is 21.6. The lowest BCUT2D eigenvalue weighted by Gasteiger charge is -2.07. The molecule has 6 aromatic rings. The molecule has 1 N–H and O–H groups in total. The van der Waals surface area contributed by atoms with Crippen LogP contribution in [-0.2, 0) is 12.4 Å². The van der Waals surface area contributed by atoms with Gasteiger partial charge in [0.05, 0.1) is 6.20 Å². The molecule has 0 saturated carbocycles. The number of hydrogen-bond acceptors (Lipinski definition) is 6. The molecule has 239 valence electrons. The van der Waals surface area contributed by atoms with E-state index in [1.807, 2.05) is 6.07 Å². The fraction of sp³-hybridized carbons (Fsp3) is 0.143. The van der Waals surface area contributed by atoms with Crippen LogP contribution in [0.5, 0.6) is 5.75 Å². The zero-order valence-corrected chi connectivity index (χ0v) is 25.0. The lowest BCUT2D eigenvalue weighted by atomic mass is 10.1. The molecule has 0 aliphatic heterocycles.